The molecule has 1 atom stereocenters. The highest BCUT2D eigenvalue weighted by molar-refractivity contribution is 5.66. The minimum absolute atomic E-state index is 0.0821. The van der Waals surface area contributed by atoms with Crippen LogP contribution in [0.1, 0.15) is 39.5 Å². The van der Waals surface area contributed by atoms with Crippen LogP contribution >= 0.6 is 0 Å². The Labute approximate surface area is 98.1 Å². The predicted molar refractivity (Wildman–Crippen MR) is 63.0 cm³/mol. The molecule has 0 aromatic carbocycles. The highest BCUT2D eigenvalue weighted by Gasteiger charge is 2.11. The number of hydrogen-bond acceptors (Lipinski definition) is 2. The Morgan fingerprint density at radius 3 is 2.62 bits per heavy atom. The molecule has 1 heterocycles. The maximum Gasteiger partial charge on any atom is 0.302 e. The van der Waals surface area contributed by atoms with Crippen molar-refractivity contribution in [2.24, 2.45) is 0 Å². The van der Waals surface area contributed by atoms with Gasteiger partial charge in [-0.15, -0.1) is 0 Å². The predicted octanol–water partition coefficient (Wildman–Crippen LogP) is 0.400. The van der Waals surface area contributed by atoms with Crippen LogP contribution in [0.15, 0.2) is 0 Å². The molecule has 1 aliphatic rings. The standard InChI is InChI=1S/C13H21NO2/c1-12(16-13(2)15)8-4-7-11-14-9-5-3-6-10-14/h12H,3,5-6,8-11H2,1-2H3/p+1. The van der Waals surface area contributed by atoms with Crippen molar-refractivity contribution in [2.75, 3.05) is 19.6 Å². The molecule has 1 saturated heterocycles. The minimum Gasteiger partial charge on any atom is -0.462 e. The molecule has 1 rings (SSSR count). The molecule has 16 heavy (non-hydrogen) atoms. The van der Waals surface area contributed by atoms with E-state index in [1.807, 2.05) is 6.92 Å². The monoisotopic (exact) mass is 224 g/mol. The number of likely N-dealkylation sites (tertiary alicyclic amines) is 1. The van der Waals surface area contributed by atoms with Gasteiger partial charge in [0.05, 0.1) is 13.1 Å². The molecule has 0 saturated carbocycles. The van der Waals surface area contributed by atoms with Crippen LogP contribution in [-0.2, 0) is 9.53 Å². The molecule has 0 bridgehead atoms. The summed E-state index contributed by atoms with van der Waals surface area (Å²) in [7, 11) is 0. The third-order valence-electron chi connectivity index (χ3n) is 2.78. The van der Waals surface area contributed by atoms with E-state index < -0.39 is 0 Å². The number of nitrogens with one attached hydrogen (secondary N) is 1. The van der Waals surface area contributed by atoms with Crippen LogP contribution in [0.4, 0.5) is 0 Å². The first-order valence-corrected chi connectivity index (χ1v) is 6.15. The van der Waals surface area contributed by atoms with Gasteiger partial charge < -0.3 is 9.64 Å². The Kier molecular flexibility index (Phi) is 5.95. The number of piperidine rings is 1. The Hall–Kier alpha value is -1.01. The van der Waals surface area contributed by atoms with Gasteiger partial charge in [0.1, 0.15) is 12.6 Å². The molecule has 3 nitrogen and oxygen atoms in total. The van der Waals surface area contributed by atoms with Gasteiger partial charge in [0, 0.05) is 13.3 Å². The SMILES string of the molecule is CC(=O)OC(C)CC#CC[NH+]1CCCCC1. The molecule has 0 radical (unpaired) electrons. The zero-order valence-electron chi connectivity index (χ0n) is 10.3. The summed E-state index contributed by atoms with van der Waals surface area (Å²) in [5, 5.41) is 0. The van der Waals surface area contributed by atoms with Crippen molar-refractivity contribution in [1.29, 1.82) is 0 Å². The molecule has 0 amide bonds. The van der Waals surface area contributed by atoms with E-state index in [9.17, 15) is 4.79 Å². The Balaban J connectivity index is 2.14. The summed E-state index contributed by atoms with van der Waals surface area (Å²) in [6.07, 6.45) is 4.61. The second kappa shape index (κ2) is 7.29. The smallest absolute Gasteiger partial charge is 0.302 e. The fourth-order valence-corrected chi connectivity index (χ4v) is 1.96. The van der Waals surface area contributed by atoms with E-state index in [0.717, 1.165) is 6.54 Å². The molecule has 0 aromatic heterocycles. The first-order chi connectivity index (χ1) is 7.68. The van der Waals surface area contributed by atoms with Crippen LogP contribution in [0, 0.1) is 11.8 Å². The molecule has 1 N–H and O–H groups in total. The van der Waals surface area contributed by atoms with Gasteiger partial charge in [0.25, 0.3) is 0 Å². The molecule has 90 valence electrons. The number of carbonyl (C=O) groups is 1. The van der Waals surface area contributed by atoms with E-state index in [1.54, 1.807) is 4.90 Å². The van der Waals surface area contributed by atoms with E-state index in [2.05, 4.69) is 11.8 Å². The summed E-state index contributed by atoms with van der Waals surface area (Å²) in [4.78, 5) is 12.3. The molecule has 1 unspecified atom stereocenters. The van der Waals surface area contributed by atoms with Crippen LogP contribution < -0.4 is 4.90 Å². The fraction of sp³-hybridized carbons (Fsp3) is 0.769. The Morgan fingerprint density at radius 1 is 1.31 bits per heavy atom. The number of rotatable bonds is 3. The lowest BCUT2D eigenvalue weighted by Gasteiger charge is -2.20. The van der Waals surface area contributed by atoms with Crippen molar-refractivity contribution in [3.8, 4) is 11.8 Å². The van der Waals surface area contributed by atoms with Crippen molar-refractivity contribution < 1.29 is 14.4 Å². The highest BCUT2D eigenvalue weighted by Crippen LogP contribution is 1.96. The lowest BCUT2D eigenvalue weighted by atomic mass is 10.1. The summed E-state index contributed by atoms with van der Waals surface area (Å²) in [6.45, 7) is 6.76. The minimum atomic E-state index is -0.226. The Bertz CT molecular complexity index is 271. The highest BCUT2D eigenvalue weighted by atomic mass is 16.5. The average molecular weight is 224 g/mol. The van der Waals surface area contributed by atoms with Crippen LogP contribution in [-0.4, -0.2) is 31.7 Å². The molecule has 1 aliphatic heterocycles. The van der Waals surface area contributed by atoms with E-state index in [1.165, 1.54) is 39.3 Å². The van der Waals surface area contributed by atoms with Gasteiger partial charge >= 0.3 is 5.97 Å². The maximum absolute atomic E-state index is 10.7. The van der Waals surface area contributed by atoms with Crippen molar-refractivity contribution in [3.05, 3.63) is 0 Å². The third kappa shape index (κ3) is 5.77. The second-order valence-corrected chi connectivity index (χ2v) is 4.47. The number of ether oxygens (including phenoxy) is 1. The third-order valence-corrected chi connectivity index (χ3v) is 2.78. The van der Waals surface area contributed by atoms with Crippen molar-refractivity contribution in [2.45, 2.75) is 45.6 Å². The lowest BCUT2D eigenvalue weighted by molar-refractivity contribution is -0.897. The zero-order chi connectivity index (χ0) is 11.8. The first-order valence-electron chi connectivity index (χ1n) is 6.15. The average Bonchev–Trinajstić information content (AvgIpc) is 2.25. The van der Waals surface area contributed by atoms with Gasteiger partial charge in [-0.05, 0) is 32.1 Å². The van der Waals surface area contributed by atoms with Gasteiger partial charge in [0.15, 0.2) is 0 Å². The topological polar surface area (TPSA) is 30.7 Å². The van der Waals surface area contributed by atoms with Gasteiger partial charge in [-0.3, -0.25) is 4.79 Å². The number of hydrogen-bond donors (Lipinski definition) is 1. The van der Waals surface area contributed by atoms with Crippen LogP contribution in [0.3, 0.4) is 0 Å². The van der Waals surface area contributed by atoms with E-state index in [4.69, 9.17) is 4.74 Å². The molecule has 0 aromatic rings. The molecular weight excluding hydrogens is 202 g/mol. The summed E-state index contributed by atoms with van der Waals surface area (Å²) in [5.41, 5.74) is 0. The quantitative estimate of drug-likeness (QED) is 0.556. The molecule has 0 spiro atoms. The summed E-state index contributed by atoms with van der Waals surface area (Å²) in [5.74, 6) is 6.04. The number of quaternary nitrogens is 1. The van der Waals surface area contributed by atoms with Crippen molar-refractivity contribution >= 4 is 5.97 Å². The van der Waals surface area contributed by atoms with Crippen LogP contribution in [0.2, 0.25) is 0 Å². The molecule has 1 fully saturated rings. The van der Waals surface area contributed by atoms with Crippen molar-refractivity contribution in [3.63, 3.8) is 0 Å². The van der Waals surface area contributed by atoms with Gasteiger partial charge in [0.2, 0.25) is 0 Å². The largest absolute Gasteiger partial charge is 0.462 e. The summed E-state index contributed by atoms with van der Waals surface area (Å²) < 4.78 is 4.99. The van der Waals surface area contributed by atoms with E-state index >= 15 is 0 Å². The zero-order valence-corrected chi connectivity index (χ0v) is 10.3. The normalized spacial score (nSPS) is 18.4. The van der Waals surface area contributed by atoms with E-state index in [-0.39, 0.29) is 12.1 Å². The van der Waals surface area contributed by atoms with Gasteiger partial charge in [-0.2, -0.15) is 0 Å². The fourth-order valence-electron chi connectivity index (χ4n) is 1.96. The van der Waals surface area contributed by atoms with Gasteiger partial charge in [-0.1, -0.05) is 5.92 Å². The van der Waals surface area contributed by atoms with Crippen molar-refractivity contribution in [1.82, 2.24) is 0 Å². The molecule has 3 heteroatoms. The first kappa shape index (κ1) is 13.1. The van der Waals surface area contributed by atoms with Crippen LogP contribution in [0.5, 0.6) is 0 Å². The molecule has 0 aliphatic carbocycles. The number of carbonyl (C=O) groups excluding carboxylic acids is 1. The Morgan fingerprint density at radius 2 is 2.00 bits per heavy atom. The van der Waals surface area contributed by atoms with Gasteiger partial charge in [-0.25, -0.2) is 0 Å². The maximum atomic E-state index is 10.7. The molecular formula is C13H22NO2+. The summed E-state index contributed by atoms with van der Waals surface area (Å²) in [6, 6.07) is 0. The summed E-state index contributed by atoms with van der Waals surface area (Å²) >= 11 is 0. The van der Waals surface area contributed by atoms with Crippen LogP contribution in [0.25, 0.3) is 0 Å². The number of esters is 1. The lowest BCUT2D eigenvalue weighted by Crippen LogP contribution is -3.12. The van der Waals surface area contributed by atoms with E-state index in [0.29, 0.717) is 6.42 Å². The second-order valence-electron chi connectivity index (χ2n) is 4.47.